The summed E-state index contributed by atoms with van der Waals surface area (Å²) in [6.07, 6.45) is 6.94. The molecular weight excluding hydrogens is 312 g/mol. The van der Waals surface area contributed by atoms with Crippen LogP contribution in [-0.2, 0) is 25.9 Å². The van der Waals surface area contributed by atoms with E-state index in [1.165, 1.54) is 12.0 Å². The lowest BCUT2D eigenvalue weighted by atomic mass is 9.99. The van der Waals surface area contributed by atoms with E-state index < -0.39 is 0 Å². The third-order valence-electron chi connectivity index (χ3n) is 4.90. The maximum atomic E-state index is 4.30. The van der Waals surface area contributed by atoms with Gasteiger partial charge in [0.1, 0.15) is 11.6 Å². The molecule has 1 aliphatic rings. The second-order valence-electron chi connectivity index (χ2n) is 6.65. The van der Waals surface area contributed by atoms with E-state index >= 15 is 0 Å². The van der Waals surface area contributed by atoms with Crippen molar-refractivity contribution in [1.29, 1.82) is 0 Å². The van der Waals surface area contributed by atoms with Crippen molar-refractivity contribution in [2.75, 3.05) is 6.54 Å². The van der Waals surface area contributed by atoms with E-state index in [0.717, 1.165) is 49.8 Å². The third-order valence-corrected chi connectivity index (χ3v) is 4.90. The van der Waals surface area contributed by atoms with Crippen LogP contribution in [0.3, 0.4) is 0 Å². The zero-order chi connectivity index (χ0) is 17.1. The van der Waals surface area contributed by atoms with E-state index in [4.69, 9.17) is 0 Å². The fraction of sp³-hybridized carbons (Fsp3) is 0.421. The van der Waals surface area contributed by atoms with Crippen molar-refractivity contribution in [2.45, 2.75) is 39.3 Å². The number of nitrogens with zero attached hydrogens (tertiary/aromatic N) is 5. The van der Waals surface area contributed by atoms with Crippen LogP contribution in [0.1, 0.15) is 30.6 Å². The molecule has 0 saturated heterocycles. The molecule has 0 fully saturated rings. The first-order valence-electron chi connectivity index (χ1n) is 9.04. The molecule has 6 nitrogen and oxygen atoms in total. The molecule has 130 valence electrons. The molecule has 0 bridgehead atoms. The SMILES string of the molecule is CCc1nnc2n1C[C@H](CNCc1ccc(-n3cccn3)cc1)CC2. The van der Waals surface area contributed by atoms with E-state index in [0.29, 0.717) is 5.92 Å². The Labute approximate surface area is 147 Å². The van der Waals surface area contributed by atoms with Gasteiger partial charge in [0, 0.05) is 38.3 Å². The molecule has 0 spiro atoms. The zero-order valence-electron chi connectivity index (χ0n) is 14.6. The van der Waals surface area contributed by atoms with Gasteiger partial charge in [0.05, 0.1) is 5.69 Å². The Bertz CT molecular complexity index is 790. The zero-order valence-corrected chi connectivity index (χ0v) is 14.6. The van der Waals surface area contributed by atoms with Gasteiger partial charge < -0.3 is 9.88 Å². The molecule has 2 aromatic heterocycles. The van der Waals surface area contributed by atoms with Crippen LogP contribution in [0.4, 0.5) is 0 Å². The summed E-state index contributed by atoms with van der Waals surface area (Å²) in [7, 11) is 0. The standard InChI is InChI=1S/C19H24N6/c1-2-18-22-23-19-9-6-16(14-24(18)19)13-20-12-15-4-7-17(8-5-15)25-11-3-10-21-25/h3-5,7-8,10-11,16,20H,2,6,9,12-14H2,1H3/t16-/m0/s1. The number of hydrogen-bond acceptors (Lipinski definition) is 4. The Balaban J connectivity index is 1.29. The largest absolute Gasteiger partial charge is 0.315 e. The number of nitrogens with one attached hydrogen (secondary N) is 1. The van der Waals surface area contributed by atoms with Crippen molar-refractivity contribution >= 4 is 0 Å². The molecule has 1 atom stereocenters. The van der Waals surface area contributed by atoms with Crippen LogP contribution in [0.2, 0.25) is 0 Å². The van der Waals surface area contributed by atoms with E-state index in [1.807, 2.05) is 16.9 Å². The van der Waals surface area contributed by atoms with Crippen molar-refractivity contribution in [3.63, 3.8) is 0 Å². The fourth-order valence-electron chi connectivity index (χ4n) is 3.49. The number of aryl methyl sites for hydroxylation is 2. The average Bonchev–Trinajstić information content (AvgIpc) is 3.32. The first-order chi connectivity index (χ1) is 12.3. The van der Waals surface area contributed by atoms with E-state index in [1.54, 1.807) is 6.20 Å². The summed E-state index contributed by atoms with van der Waals surface area (Å²) < 4.78 is 4.19. The number of rotatable bonds is 6. The topological polar surface area (TPSA) is 60.6 Å². The van der Waals surface area contributed by atoms with Crippen LogP contribution >= 0.6 is 0 Å². The van der Waals surface area contributed by atoms with Gasteiger partial charge in [-0.2, -0.15) is 5.10 Å². The van der Waals surface area contributed by atoms with Crippen LogP contribution < -0.4 is 5.32 Å². The minimum Gasteiger partial charge on any atom is -0.315 e. The van der Waals surface area contributed by atoms with Crippen LogP contribution in [-0.4, -0.2) is 31.1 Å². The lowest BCUT2D eigenvalue weighted by Gasteiger charge is -2.24. The third kappa shape index (κ3) is 3.49. The predicted octanol–water partition coefficient (Wildman–Crippen LogP) is 2.38. The quantitative estimate of drug-likeness (QED) is 0.751. The Morgan fingerprint density at radius 1 is 1.20 bits per heavy atom. The molecule has 1 N–H and O–H groups in total. The first kappa shape index (κ1) is 16.0. The van der Waals surface area contributed by atoms with Crippen molar-refractivity contribution in [3.05, 3.63) is 59.9 Å². The average molecular weight is 336 g/mol. The minimum absolute atomic E-state index is 0.650. The van der Waals surface area contributed by atoms with Crippen LogP contribution in [0.5, 0.6) is 0 Å². The van der Waals surface area contributed by atoms with Gasteiger partial charge in [-0.3, -0.25) is 0 Å². The summed E-state index contributed by atoms with van der Waals surface area (Å²) in [5.74, 6) is 2.92. The van der Waals surface area contributed by atoms with Crippen molar-refractivity contribution in [1.82, 2.24) is 29.9 Å². The highest BCUT2D eigenvalue weighted by Crippen LogP contribution is 2.20. The molecule has 4 rings (SSSR count). The van der Waals surface area contributed by atoms with Gasteiger partial charge >= 0.3 is 0 Å². The highest BCUT2D eigenvalue weighted by Gasteiger charge is 2.21. The van der Waals surface area contributed by atoms with Gasteiger partial charge in [-0.1, -0.05) is 19.1 Å². The highest BCUT2D eigenvalue weighted by molar-refractivity contribution is 5.33. The normalized spacial score (nSPS) is 16.8. The summed E-state index contributed by atoms with van der Waals surface area (Å²) in [5.41, 5.74) is 2.39. The summed E-state index contributed by atoms with van der Waals surface area (Å²) in [6, 6.07) is 10.5. The van der Waals surface area contributed by atoms with Gasteiger partial charge in [0.15, 0.2) is 0 Å². The van der Waals surface area contributed by atoms with Gasteiger partial charge in [0.2, 0.25) is 0 Å². The molecule has 1 aliphatic heterocycles. The molecule has 25 heavy (non-hydrogen) atoms. The molecule has 0 amide bonds. The van der Waals surface area contributed by atoms with E-state index in [-0.39, 0.29) is 0 Å². The van der Waals surface area contributed by atoms with Crippen molar-refractivity contribution < 1.29 is 0 Å². The van der Waals surface area contributed by atoms with Gasteiger partial charge in [-0.05, 0) is 42.6 Å². The number of benzene rings is 1. The molecule has 6 heteroatoms. The van der Waals surface area contributed by atoms with Gasteiger partial charge in [0.25, 0.3) is 0 Å². The molecule has 0 saturated carbocycles. The second kappa shape index (κ2) is 7.19. The van der Waals surface area contributed by atoms with Crippen molar-refractivity contribution in [2.24, 2.45) is 5.92 Å². The molecular formula is C19H24N6. The summed E-state index contributed by atoms with van der Waals surface area (Å²) in [5, 5.41) is 16.5. The molecule has 3 aromatic rings. The molecule has 0 radical (unpaired) electrons. The highest BCUT2D eigenvalue weighted by atomic mass is 15.3. The number of aromatic nitrogens is 5. The Morgan fingerprint density at radius 3 is 2.84 bits per heavy atom. The monoisotopic (exact) mass is 336 g/mol. The maximum absolute atomic E-state index is 4.30. The van der Waals surface area contributed by atoms with Gasteiger partial charge in [-0.15, -0.1) is 10.2 Å². The van der Waals surface area contributed by atoms with Crippen LogP contribution in [0.15, 0.2) is 42.7 Å². The number of hydrogen-bond donors (Lipinski definition) is 1. The Kier molecular flexibility index (Phi) is 4.61. The Morgan fingerprint density at radius 2 is 2.08 bits per heavy atom. The predicted molar refractivity (Wildman–Crippen MR) is 96.5 cm³/mol. The van der Waals surface area contributed by atoms with Crippen LogP contribution in [0, 0.1) is 5.92 Å². The first-order valence-corrected chi connectivity index (χ1v) is 9.04. The lowest BCUT2D eigenvalue weighted by Crippen LogP contribution is -2.30. The van der Waals surface area contributed by atoms with E-state index in [2.05, 4.69) is 56.4 Å². The summed E-state index contributed by atoms with van der Waals surface area (Å²) in [4.78, 5) is 0. The lowest BCUT2D eigenvalue weighted by molar-refractivity contribution is 0.342. The number of fused-ring (bicyclic) bond motifs is 1. The fourth-order valence-corrected chi connectivity index (χ4v) is 3.49. The summed E-state index contributed by atoms with van der Waals surface area (Å²) >= 11 is 0. The minimum atomic E-state index is 0.650. The van der Waals surface area contributed by atoms with Crippen molar-refractivity contribution in [3.8, 4) is 5.69 Å². The molecule has 3 heterocycles. The van der Waals surface area contributed by atoms with Crippen LogP contribution in [0.25, 0.3) is 5.69 Å². The summed E-state index contributed by atoms with van der Waals surface area (Å²) in [6.45, 7) is 5.11. The molecule has 0 aliphatic carbocycles. The van der Waals surface area contributed by atoms with Gasteiger partial charge in [-0.25, -0.2) is 4.68 Å². The smallest absolute Gasteiger partial charge is 0.133 e. The molecule has 0 unspecified atom stereocenters. The molecule has 1 aromatic carbocycles. The van der Waals surface area contributed by atoms with E-state index in [9.17, 15) is 0 Å². The second-order valence-corrected chi connectivity index (χ2v) is 6.65. The Hall–Kier alpha value is -2.47. The maximum Gasteiger partial charge on any atom is 0.133 e.